The van der Waals surface area contributed by atoms with Crippen LogP contribution >= 0.6 is 0 Å². The van der Waals surface area contributed by atoms with Gasteiger partial charge in [-0.2, -0.15) is 0 Å². The number of nitrogens with zero attached hydrogens (tertiary/aromatic N) is 1. The SMILES string of the molecule is COc1ccc(C(OCCCOCC(COCCCOC(c2ccccc2)(c2ccc(OC)cc2)c2ccc(OC)cc2)(COCCCOC(c2ccccc2)(c2ccc(OC)cc2)c2ccc(OC)cc2)N(C)CCCO)(c2ccccc2)c2ccc(OC)cc2)cc1. The second-order valence-corrected chi connectivity index (χ2v) is 23.0. The highest BCUT2D eigenvalue weighted by atomic mass is 16.5. The van der Waals surface area contributed by atoms with Crippen LogP contribution in [0.15, 0.2) is 237 Å². The Hall–Kier alpha value is -8.54. The number of likely N-dealkylation sites (N-methyl/N-ethyl adjacent to an activating group) is 1. The number of hydrogen-bond acceptors (Lipinski definition) is 14. The maximum atomic E-state index is 10.3. The molecule has 0 saturated heterocycles. The molecule has 0 bridgehead atoms. The number of aliphatic hydroxyl groups excluding tert-OH is 1. The summed E-state index contributed by atoms with van der Waals surface area (Å²) in [6.45, 7) is 3.46. The van der Waals surface area contributed by atoms with Gasteiger partial charge in [-0.25, -0.2) is 0 Å². The maximum absolute atomic E-state index is 10.3. The molecule has 0 aliphatic carbocycles. The molecule has 494 valence electrons. The first-order valence-electron chi connectivity index (χ1n) is 32.2. The van der Waals surface area contributed by atoms with Gasteiger partial charge >= 0.3 is 0 Å². The number of hydrogen-bond donors (Lipinski definition) is 1. The largest absolute Gasteiger partial charge is 0.497 e. The van der Waals surface area contributed by atoms with Gasteiger partial charge in [0, 0.05) is 33.0 Å². The van der Waals surface area contributed by atoms with Crippen molar-refractivity contribution in [1.29, 1.82) is 0 Å². The fourth-order valence-corrected chi connectivity index (χ4v) is 12.2. The Bertz CT molecular complexity index is 3060. The van der Waals surface area contributed by atoms with Crippen LogP contribution in [0.1, 0.15) is 75.8 Å². The number of benzene rings is 9. The van der Waals surface area contributed by atoms with E-state index in [4.69, 9.17) is 56.8 Å². The van der Waals surface area contributed by atoms with Crippen LogP contribution in [-0.2, 0) is 45.2 Å². The molecule has 0 atom stereocenters. The third-order valence-electron chi connectivity index (χ3n) is 17.3. The quantitative estimate of drug-likeness (QED) is 0.0288. The van der Waals surface area contributed by atoms with Crippen molar-refractivity contribution in [1.82, 2.24) is 4.90 Å². The van der Waals surface area contributed by atoms with Gasteiger partial charge in [0.1, 0.15) is 51.3 Å². The third-order valence-corrected chi connectivity index (χ3v) is 17.3. The summed E-state index contributed by atoms with van der Waals surface area (Å²) in [6.07, 6.45) is 2.21. The molecule has 0 unspecified atom stereocenters. The zero-order valence-corrected chi connectivity index (χ0v) is 55.4. The monoisotopic (exact) mass is 1270 g/mol. The van der Waals surface area contributed by atoms with E-state index < -0.39 is 22.3 Å². The Balaban J connectivity index is 0.961. The molecule has 0 amide bonds. The van der Waals surface area contributed by atoms with Gasteiger partial charge < -0.3 is 61.9 Å². The van der Waals surface area contributed by atoms with Crippen LogP contribution in [0.25, 0.3) is 0 Å². The summed E-state index contributed by atoms with van der Waals surface area (Å²) >= 11 is 0. The van der Waals surface area contributed by atoms with Crippen molar-refractivity contribution in [2.24, 2.45) is 0 Å². The highest BCUT2D eigenvalue weighted by molar-refractivity contribution is 5.53. The summed E-state index contributed by atoms with van der Waals surface area (Å²) in [4.78, 5) is 2.21. The van der Waals surface area contributed by atoms with Crippen LogP contribution in [0.2, 0.25) is 0 Å². The normalized spacial score (nSPS) is 12.0. The van der Waals surface area contributed by atoms with Crippen LogP contribution in [0.3, 0.4) is 0 Å². The predicted octanol–water partition coefficient (Wildman–Crippen LogP) is 14.3. The topological polar surface area (TPSA) is 134 Å². The van der Waals surface area contributed by atoms with Crippen LogP contribution in [0.4, 0.5) is 0 Å². The molecule has 0 aromatic heterocycles. The highest BCUT2D eigenvalue weighted by Crippen LogP contribution is 2.45. The lowest BCUT2D eigenvalue weighted by Gasteiger charge is -2.41. The molecule has 9 aromatic carbocycles. The molecular formula is C80H91NO13. The lowest BCUT2D eigenvalue weighted by Crippen LogP contribution is -2.57. The molecule has 14 nitrogen and oxygen atoms in total. The second kappa shape index (κ2) is 35.1. The van der Waals surface area contributed by atoms with Gasteiger partial charge in [-0.3, -0.25) is 4.90 Å². The van der Waals surface area contributed by atoms with E-state index in [2.05, 4.69) is 121 Å². The lowest BCUT2D eigenvalue weighted by atomic mass is 9.80. The number of ether oxygens (including phenoxy) is 12. The van der Waals surface area contributed by atoms with E-state index in [-0.39, 0.29) is 26.4 Å². The van der Waals surface area contributed by atoms with E-state index in [9.17, 15) is 5.11 Å². The van der Waals surface area contributed by atoms with Crippen molar-refractivity contribution in [2.75, 3.05) is 122 Å². The summed E-state index contributed by atoms with van der Waals surface area (Å²) in [5, 5.41) is 10.3. The Labute approximate surface area is 555 Å². The smallest absolute Gasteiger partial charge is 0.143 e. The molecule has 94 heavy (non-hydrogen) atoms. The summed E-state index contributed by atoms with van der Waals surface area (Å²) < 4.78 is 75.9. The molecule has 0 aliphatic heterocycles. The summed E-state index contributed by atoms with van der Waals surface area (Å²) in [5.41, 5.74) is 4.81. The van der Waals surface area contributed by atoms with Crippen LogP contribution in [-0.4, -0.2) is 138 Å². The van der Waals surface area contributed by atoms with Gasteiger partial charge in [-0.15, -0.1) is 0 Å². The molecule has 0 heterocycles. The lowest BCUT2D eigenvalue weighted by molar-refractivity contribution is -0.0995. The average molecular weight is 1270 g/mol. The minimum Gasteiger partial charge on any atom is -0.497 e. The molecule has 9 aromatic rings. The second-order valence-electron chi connectivity index (χ2n) is 23.0. The van der Waals surface area contributed by atoms with Gasteiger partial charge in [0.25, 0.3) is 0 Å². The minimum absolute atomic E-state index is 0.0116. The summed E-state index contributed by atoms with van der Waals surface area (Å²) in [6, 6.07) is 79.1. The van der Waals surface area contributed by atoms with E-state index in [1.807, 2.05) is 127 Å². The first-order valence-corrected chi connectivity index (χ1v) is 32.2. The number of aliphatic hydroxyl groups is 1. The molecule has 0 spiro atoms. The molecule has 0 radical (unpaired) electrons. The fourth-order valence-electron chi connectivity index (χ4n) is 12.2. The van der Waals surface area contributed by atoms with Gasteiger partial charge in [0.15, 0.2) is 0 Å². The molecule has 0 aliphatic rings. The van der Waals surface area contributed by atoms with Gasteiger partial charge in [-0.05, 0) is 156 Å². The van der Waals surface area contributed by atoms with E-state index >= 15 is 0 Å². The molecule has 9 rings (SSSR count). The number of rotatable bonds is 40. The van der Waals surface area contributed by atoms with E-state index in [0.29, 0.717) is 71.9 Å². The molecule has 0 fully saturated rings. The first-order chi connectivity index (χ1) is 46.1. The predicted molar refractivity (Wildman–Crippen MR) is 368 cm³/mol. The van der Waals surface area contributed by atoms with E-state index in [1.54, 1.807) is 42.7 Å². The Morgan fingerprint density at radius 1 is 0.277 bits per heavy atom. The van der Waals surface area contributed by atoms with E-state index in [0.717, 1.165) is 84.6 Å². The Morgan fingerprint density at radius 3 is 0.691 bits per heavy atom. The van der Waals surface area contributed by atoms with Crippen molar-refractivity contribution in [3.63, 3.8) is 0 Å². The summed E-state index contributed by atoms with van der Waals surface area (Å²) in [5.74, 6) is 4.47. The van der Waals surface area contributed by atoms with Crippen molar-refractivity contribution in [2.45, 2.75) is 48.0 Å². The highest BCUT2D eigenvalue weighted by Gasteiger charge is 2.42. The van der Waals surface area contributed by atoms with Gasteiger partial charge in [-0.1, -0.05) is 164 Å². The Morgan fingerprint density at radius 2 is 0.489 bits per heavy atom. The first kappa shape index (κ1) is 69.8. The van der Waals surface area contributed by atoms with Crippen molar-refractivity contribution in [3.05, 3.63) is 287 Å². The van der Waals surface area contributed by atoms with Crippen molar-refractivity contribution >= 4 is 0 Å². The molecule has 1 N–H and O–H groups in total. The molecule has 14 heteroatoms. The van der Waals surface area contributed by atoms with Gasteiger partial charge in [0.05, 0.1) is 87.8 Å². The van der Waals surface area contributed by atoms with E-state index in [1.165, 1.54) is 0 Å². The average Bonchev–Trinajstić information content (AvgIpc) is 0.783. The van der Waals surface area contributed by atoms with Crippen LogP contribution in [0.5, 0.6) is 34.5 Å². The zero-order valence-electron chi connectivity index (χ0n) is 55.4. The van der Waals surface area contributed by atoms with Crippen LogP contribution in [0, 0.1) is 0 Å². The Kier molecular flexibility index (Phi) is 26.1. The van der Waals surface area contributed by atoms with Gasteiger partial charge in [0.2, 0.25) is 0 Å². The third kappa shape index (κ3) is 16.7. The van der Waals surface area contributed by atoms with Crippen molar-refractivity contribution < 1.29 is 61.9 Å². The molecular weight excluding hydrogens is 1180 g/mol. The summed E-state index contributed by atoms with van der Waals surface area (Å²) in [7, 11) is 12.1. The fraction of sp³-hybridized carbons (Fsp3) is 0.325. The maximum Gasteiger partial charge on any atom is 0.143 e. The standard InChI is InChI=1S/C80H91NO13/c1-81(51-17-52-82)77(59-89-53-18-56-92-78(62-21-11-8-12-22-62,65-27-39-71(83-2)40-28-65)66-29-41-72(84-3)42-30-66,60-90-54-19-57-93-79(63-23-13-9-14-24-63,67-31-43-73(85-4)44-32-67)68-33-45-74(86-5)46-34-68)61-91-55-20-58-94-80(64-25-15-10-16-26-64,69-35-47-75(87-6)48-36-69)70-37-49-76(88-7)50-38-70/h8-16,21-50,82H,17-20,51-61H2,1-7H3. The van der Waals surface area contributed by atoms with Crippen LogP contribution < -0.4 is 28.4 Å². The number of methoxy groups -OCH3 is 6. The minimum atomic E-state index is -0.989. The molecule has 0 saturated carbocycles. The zero-order chi connectivity index (χ0) is 65.9. The van der Waals surface area contributed by atoms with Crippen molar-refractivity contribution in [3.8, 4) is 34.5 Å².